The molecule has 0 aliphatic carbocycles. The molecule has 8 heteroatoms. The van der Waals surface area contributed by atoms with Crippen LogP contribution in [-0.2, 0) is 15.0 Å². The maximum absolute atomic E-state index is 12.0. The molecule has 12 heavy (non-hydrogen) atoms. The van der Waals surface area contributed by atoms with Crippen LogP contribution in [0.2, 0.25) is 0 Å². The van der Waals surface area contributed by atoms with Gasteiger partial charge in [-0.15, -0.1) is 3.89 Å². The summed E-state index contributed by atoms with van der Waals surface area (Å²) in [6.45, 7) is 0. The van der Waals surface area contributed by atoms with Gasteiger partial charge in [-0.25, -0.2) is 4.79 Å². The van der Waals surface area contributed by atoms with E-state index in [0.29, 0.717) is 0 Å². The van der Waals surface area contributed by atoms with Gasteiger partial charge in [0, 0.05) is 0 Å². The minimum absolute atomic E-state index is 0.811. The molecule has 1 heterocycles. The number of carbonyl (C=O) groups excluding carboxylic acids is 2. The SMILES string of the molecule is O=C1NC(=O)C(CS(=O)(=O)F)N1. The van der Waals surface area contributed by atoms with E-state index in [0.717, 1.165) is 0 Å². The van der Waals surface area contributed by atoms with Crippen molar-refractivity contribution >= 4 is 22.2 Å². The Hall–Kier alpha value is -1.18. The van der Waals surface area contributed by atoms with E-state index in [1.807, 2.05) is 5.32 Å². The largest absolute Gasteiger partial charge is 0.325 e. The fraction of sp³-hybridized carbons (Fsp3) is 0.500. The van der Waals surface area contributed by atoms with Crippen molar-refractivity contribution in [2.24, 2.45) is 0 Å². The molecule has 0 bridgehead atoms. The Morgan fingerprint density at radius 1 is 1.42 bits per heavy atom. The normalized spacial score (nSPS) is 23.6. The number of rotatable bonds is 2. The van der Waals surface area contributed by atoms with Crippen LogP contribution in [0.5, 0.6) is 0 Å². The third kappa shape index (κ3) is 2.16. The van der Waals surface area contributed by atoms with Crippen LogP contribution in [0.15, 0.2) is 0 Å². The second-order valence-electron chi connectivity index (χ2n) is 2.22. The molecule has 1 fully saturated rings. The van der Waals surface area contributed by atoms with Gasteiger partial charge in [-0.1, -0.05) is 0 Å². The molecule has 1 atom stereocenters. The Balaban J connectivity index is 2.67. The van der Waals surface area contributed by atoms with Gasteiger partial charge in [0.1, 0.15) is 11.8 Å². The summed E-state index contributed by atoms with van der Waals surface area (Å²) in [5.74, 6) is -1.86. The van der Waals surface area contributed by atoms with Gasteiger partial charge in [0.25, 0.3) is 5.91 Å². The van der Waals surface area contributed by atoms with Crippen molar-refractivity contribution in [2.75, 3.05) is 5.75 Å². The third-order valence-electron chi connectivity index (χ3n) is 1.22. The first-order valence-corrected chi connectivity index (χ1v) is 4.47. The summed E-state index contributed by atoms with van der Waals surface area (Å²) >= 11 is 0. The zero-order chi connectivity index (χ0) is 9.35. The lowest BCUT2D eigenvalue weighted by atomic mass is 10.3. The van der Waals surface area contributed by atoms with E-state index >= 15 is 0 Å². The van der Waals surface area contributed by atoms with Gasteiger partial charge in [-0.3, -0.25) is 10.1 Å². The molecule has 0 aromatic rings. The predicted molar refractivity (Wildman–Crippen MR) is 35.4 cm³/mol. The van der Waals surface area contributed by atoms with E-state index in [-0.39, 0.29) is 0 Å². The Kier molecular flexibility index (Phi) is 2.01. The molecule has 0 aromatic heterocycles. The minimum atomic E-state index is -4.74. The summed E-state index contributed by atoms with van der Waals surface area (Å²) in [5.41, 5.74) is 0. The molecule has 1 unspecified atom stereocenters. The first-order chi connectivity index (χ1) is 5.38. The Labute approximate surface area is 67.3 Å². The standard InChI is InChI=1S/C4H5FN2O4S/c5-12(10,11)1-2-3(8)7-4(9)6-2/h2H,1H2,(H2,6,7,8,9). The molecule has 0 saturated carbocycles. The van der Waals surface area contributed by atoms with E-state index in [1.54, 1.807) is 5.32 Å². The highest BCUT2D eigenvalue weighted by atomic mass is 32.3. The summed E-state index contributed by atoms with van der Waals surface area (Å²) in [7, 11) is -4.74. The van der Waals surface area contributed by atoms with Gasteiger partial charge >= 0.3 is 16.3 Å². The number of amides is 3. The number of nitrogens with one attached hydrogen (secondary N) is 2. The van der Waals surface area contributed by atoms with E-state index in [9.17, 15) is 21.9 Å². The highest BCUT2D eigenvalue weighted by Crippen LogP contribution is 1.99. The smallest absolute Gasteiger partial charge is 0.322 e. The van der Waals surface area contributed by atoms with Crippen LogP contribution in [-0.4, -0.2) is 32.2 Å². The maximum Gasteiger partial charge on any atom is 0.322 e. The number of imide groups is 1. The van der Waals surface area contributed by atoms with Crippen LogP contribution in [0.3, 0.4) is 0 Å². The molecule has 3 amide bonds. The van der Waals surface area contributed by atoms with E-state index in [2.05, 4.69) is 0 Å². The van der Waals surface area contributed by atoms with E-state index < -0.39 is 34.0 Å². The van der Waals surface area contributed by atoms with E-state index in [1.165, 1.54) is 0 Å². The summed E-state index contributed by atoms with van der Waals surface area (Å²) in [6, 6.07) is -2.12. The number of hydrogen-bond acceptors (Lipinski definition) is 4. The van der Waals surface area contributed by atoms with Gasteiger partial charge in [0.2, 0.25) is 0 Å². The number of urea groups is 1. The summed E-state index contributed by atoms with van der Waals surface area (Å²) in [6.07, 6.45) is 0. The van der Waals surface area contributed by atoms with Crippen LogP contribution < -0.4 is 10.6 Å². The summed E-state index contributed by atoms with van der Waals surface area (Å²) < 4.78 is 32.1. The first kappa shape index (κ1) is 8.91. The number of carbonyl (C=O) groups is 2. The topological polar surface area (TPSA) is 92.3 Å². The molecule has 2 N–H and O–H groups in total. The zero-order valence-electron chi connectivity index (χ0n) is 5.70. The van der Waals surface area contributed by atoms with Crippen LogP contribution in [0.25, 0.3) is 0 Å². The number of halogens is 1. The van der Waals surface area contributed by atoms with Gasteiger partial charge in [0.05, 0.1) is 0 Å². The van der Waals surface area contributed by atoms with Gasteiger partial charge in [0.15, 0.2) is 0 Å². The summed E-state index contributed by atoms with van der Waals surface area (Å²) in [4.78, 5) is 21.0. The fourth-order valence-electron chi connectivity index (χ4n) is 0.775. The highest BCUT2D eigenvalue weighted by molar-refractivity contribution is 7.86. The van der Waals surface area contributed by atoms with Crippen molar-refractivity contribution < 1.29 is 21.9 Å². The van der Waals surface area contributed by atoms with Crippen LogP contribution in [0, 0.1) is 0 Å². The van der Waals surface area contributed by atoms with Crippen molar-refractivity contribution in [2.45, 2.75) is 6.04 Å². The quantitative estimate of drug-likeness (QED) is 0.415. The lowest BCUT2D eigenvalue weighted by molar-refractivity contribution is -0.119. The van der Waals surface area contributed by atoms with Crippen LogP contribution in [0.4, 0.5) is 8.68 Å². The first-order valence-electron chi connectivity index (χ1n) is 2.92. The molecule has 0 aromatic carbocycles. The highest BCUT2D eigenvalue weighted by Gasteiger charge is 2.33. The zero-order valence-corrected chi connectivity index (χ0v) is 6.52. The van der Waals surface area contributed by atoms with Crippen LogP contribution >= 0.6 is 0 Å². The molecule has 1 rings (SSSR count). The van der Waals surface area contributed by atoms with E-state index in [4.69, 9.17) is 0 Å². The van der Waals surface area contributed by atoms with Crippen molar-refractivity contribution in [3.05, 3.63) is 0 Å². The Morgan fingerprint density at radius 2 is 2.00 bits per heavy atom. The molecular formula is C4H5FN2O4S. The average Bonchev–Trinajstić information content (AvgIpc) is 2.06. The lowest BCUT2D eigenvalue weighted by Gasteiger charge is -2.00. The maximum atomic E-state index is 12.0. The molecular weight excluding hydrogens is 191 g/mol. The lowest BCUT2D eigenvalue weighted by Crippen LogP contribution is -2.34. The van der Waals surface area contributed by atoms with Gasteiger partial charge in [-0.05, 0) is 0 Å². The Morgan fingerprint density at radius 3 is 2.33 bits per heavy atom. The van der Waals surface area contributed by atoms with Crippen LogP contribution in [0.1, 0.15) is 0 Å². The molecule has 1 aliphatic rings. The van der Waals surface area contributed by atoms with Gasteiger partial charge in [-0.2, -0.15) is 8.42 Å². The fourth-order valence-corrected chi connectivity index (χ4v) is 1.41. The summed E-state index contributed by atoms with van der Waals surface area (Å²) in [5, 5.41) is 3.71. The second kappa shape index (κ2) is 2.70. The average molecular weight is 196 g/mol. The number of hydrogen-bond donors (Lipinski definition) is 2. The van der Waals surface area contributed by atoms with Crippen molar-refractivity contribution in [1.82, 2.24) is 10.6 Å². The monoisotopic (exact) mass is 196 g/mol. The minimum Gasteiger partial charge on any atom is -0.325 e. The molecule has 68 valence electrons. The molecule has 6 nitrogen and oxygen atoms in total. The van der Waals surface area contributed by atoms with Gasteiger partial charge < -0.3 is 5.32 Å². The van der Waals surface area contributed by atoms with Crippen molar-refractivity contribution in [3.63, 3.8) is 0 Å². The third-order valence-corrected chi connectivity index (χ3v) is 1.96. The Bertz CT molecular complexity index is 324. The molecule has 1 saturated heterocycles. The predicted octanol–water partition coefficient (Wildman–Crippen LogP) is -1.51. The van der Waals surface area contributed by atoms with Crippen molar-refractivity contribution in [1.29, 1.82) is 0 Å². The second-order valence-corrected chi connectivity index (χ2v) is 3.63. The molecule has 0 spiro atoms. The molecule has 1 aliphatic heterocycles. The molecule has 0 radical (unpaired) electrons. The van der Waals surface area contributed by atoms with Crippen molar-refractivity contribution in [3.8, 4) is 0 Å².